The smallest absolute Gasteiger partial charge is 0.129 e. The summed E-state index contributed by atoms with van der Waals surface area (Å²) in [7, 11) is 0. The molecule has 1 aromatic rings. The number of rotatable bonds is 0. The van der Waals surface area contributed by atoms with Crippen molar-refractivity contribution in [1.82, 2.24) is 4.98 Å². The van der Waals surface area contributed by atoms with E-state index in [9.17, 15) is 4.39 Å². The number of aromatic nitrogens is 1. The molecule has 62 valence electrons. The second-order valence-electron chi connectivity index (χ2n) is 2.00. The van der Waals surface area contributed by atoms with E-state index in [4.69, 9.17) is 0 Å². The van der Waals surface area contributed by atoms with Crippen LogP contribution in [0.2, 0.25) is 0 Å². The molecule has 0 saturated heterocycles. The van der Waals surface area contributed by atoms with Crippen molar-refractivity contribution >= 4 is 0 Å². The van der Waals surface area contributed by atoms with Crippen LogP contribution in [0.3, 0.4) is 0 Å². The molecule has 0 spiro atoms. The first kappa shape index (κ1) is 10.1. The van der Waals surface area contributed by atoms with Crippen LogP contribution < -0.4 is 0 Å². The van der Waals surface area contributed by atoms with Crippen molar-refractivity contribution in [3.63, 3.8) is 0 Å². The molecule has 1 nitrogen and oxygen atoms in total. The van der Waals surface area contributed by atoms with E-state index in [2.05, 4.69) is 4.98 Å². The molecule has 0 atom stereocenters. The van der Waals surface area contributed by atoms with Crippen LogP contribution in [0.5, 0.6) is 0 Å². The van der Waals surface area contributed by atoms with Gasteiger partial charge in [0, 0.05) is 17.5 Å². The van der Waals surface area contributed by atoms with Crippen molar-refractivity contribution in [2.24, 2.45) is 0 Å². The Bertz CT molecular complexity index is 201. The lowest BCUT2D eigenvalue weighted by Gasteiger charge is -1.96. The van der Waals surface area contributed by atoms with Gasteiger partial charge in [0.1, 0.15) is 5.82 Å². The third-order valence-corrected chi connectivity index (χ3v) is 1.39. The van der Waals surface area contributed by atoms with E-state index in [0.717, 1.165) is 5.69 Å². The highest BCUT2D eigenvalue weighted by Crippen LogP contribution is 2.06. The summed E-state index contributed by atoms with van der Waals surface area (Å²) in [6.45, 7) is 7.51. The van der Waals surface area contributed by atoms with Gasteiger partial charge < -0.3 is 0 Å². The van der Waals surface area contributed by atoms with Gasteiger partial charge in [-0.2, -0.15) is 0 Å². The zero-order chi connectivity index (χ0) is 8.85. The first-order chi connectivity index (χ1) is 5.22. The lowest BCUT2D eigenvalue weighted by molar-refractivity contribution is 0.613. The highest BCUT2D eigenvalue weighted by atomic mass is 19.1. The van der Waals surface area contributed by atoms with Gasteiger partial charge in [-0.05, 0) is 19.9 Å². The zero-order valence-electron chi connectivity index (χ0n) is 7.48. The molecule has 0 aromatic carbocycles. The molecule has 0 aliphatic carbocycles. The second kappa shape index (κ2) is 4.83. The largest absolute Gasteiger partial charge is 0.261 e. The summed E-state index contributed by atoms with van der Waals surface area (Å²) in [5.41, 5.74) is 1.40. The number of pyridine rings is 1. The van der Waals surface area contributed by atoms with Crippen LogP contribution in [0.25, 0.3) is 0 Å². The average Bonchev–Trinajstić information content (AvgIpc) is 2.04. The Morgan fingerprint density at radius 3 is 2.18 bits per heavy atom. The lowest BCUT2D eigenvalue weighted by atomic mass is 10.2. The van der Waals surface area contributed by atoms with Gasteiger partial charge in [0.25, 0.3) is 0 Å². The van der Waals surface area contributed by atoms with Crippen molar-refractivity contribution < 1.29 is 4.39 Å². The number of aryl methyl sites for hydroxylation is 1. The van der Waals surface area contributed by atoms with Crippen LogP contribution in [-0.4, -0.2) is 4.98 Å². The van der Waals surface area contributed by atoms with E-state index in [-0.39, 0.29) is 5.82 Å². The van der Waals surface area contributed by atoms with E-state index < -0.39 is 0 Å². The summed E-state index contributed by atoms with van der Waals surface area (Å²) < 4.78 is 12.5. The van der Waals surface area contributed by atoms with Crippen LogP contribution in [0.1, 0.15) is 25.1 Å². The maximum atomic E-state index is 12.5. The quantitative estimate of drug-likeness (QED) is 0.561. The maximum absolute atomic E-state index is 12.5. The Hall–Kier alpha value is -0.920. The third kappa shape index (κ3) is 2.66. The molecule has 0 fully saturated rings. The molecular formula is C9H14FN. The molecule has 0 bridgehead atoms. The summed E-state index contributed by atoms with van der Waals surface area (Å²) in [6, 6.07) is 1.36. The lowest BCUT2D eigenvalue weighted by Crippen LogP contribution is -1.88. The van der Waals surface area contributed by atoms with E-state index in [1.807, 2.05) is 13.8 Å². The predicted octanol–water partition coefficient (Wildman–Crippen LogP) is 2.86. The number of hydrogen-bond acceptors (Lipinski definition) is 1. The van der Waals surface area contributed by atoms with Gasteiger partial charge in [-0.1, -0.05) is 13.8 Å². The maximum Gasteiger partial charge on any atom is 0.129 e. The summed E-state index contributed by atoms with van der Waals surface area (Å²) in [4.78, 5) is 3.90. The van der Waals surface area contributed by atoms with Crippen LogP contribution in [0, 0.1) is 19.7 Å². The average molecular weight is 155 g/mol. The Morgan fingerprint density at radius 1 is 1.27 bits per heavy atom. The minimum Gasteiger partial charge on any atom is -0.261 e. The summed E-state index contributed by atoms with van der Waals surface area (Å²) in [5, 5.41) is 0. The van der Waals surface area contributed by atoms with E-state index in [1.165, 1.54) is 12.3 Å². The Labute approximate surface area is 67.3 Å². The van der Waals surface area contributed by atoms with E-state index >= 15 is 0 Å². The van der Waals surface area contributed by atoms with Crippen LogP contribution in [0.4, 0.5) is 4.39 Å². The highest BCUT2D eigenvalue weighted by Gasteiger charge is 1.97. The normalized spacial score (nSPS) is 8.45. The van der Waals surface area contributed by atoms with Gasteiger partial charge in [-0.25, -0.2) is 4.39 Å². The van der Waals surface area contributed by atoms with Gasteiger partial charge in [-0.15, -0.1) is 0 Å². The highest BCUT2D eigenvalue weighted by molar-refractivity contribution is 5.17. The molecule has 0 aliphatic heterocycles. The van der Waals surface area contributed by atoms with Gasteiger partial charge in [-0.3, -0.25) is 4.98 Å². The van der Waals surface area contributed by atoms with Crippen LogP contribution >= 0.6 is 0 Å². The Balaban J connectivity index is 0.000000461. The van der Waals surface area contributed by atoms with Crippen molar-refractivity contribution in [1.29, 1.82) is 0 Å². The second-order valence-corrected chi connectivity index (χ2v) is 2.00. The summed E-state index contributed by atoms with van der Waals surface area (Å²) in [5.74, 6) is -0.178. The van der Waals surface area contributed by atoms with Gasteiger partial charge in [0.15, 0.2) is 0 Å². The van der Waals surface area contributed by atoms with Gasteiger partial charge in [0.2, 0.25) is 0 Å². The van der Waals surface area contributed by atoms with Gasteiger partial charge in [0.05, 0.1) is 0 Å². The molecule has 1 rings (SSSR count). The molecule has 0 radical (unpaired) electrons. The molecule has 1 heterocycles. The number of nitrogens with zero attached hydrogens (tertiary/aromatic N) is 1. The molecule has 0 unspecified atom stereocenters. The van der Waals surface area contributed by atoms with Crippen molar-refractivity contribution in [2.75, 3.05) is 0 Å². The minimum absolute atomic E-state index is 0.178. The molecular weight excluding hydrogens is 141 g/mol. The monoisotopic (exact) mass is 155 g/mol. The molecule has 0 saturated carbocycles. The van der Waals surface area contributed by atoms with Crippen LogP contribution in [0.15, 0.2) is 12.3 Å². The first-order valence-corrected chi connectivity index (χ1v) is 3.79. The van der Waals surface area contributed by atoms with Crippen molar-refractivity contribution in [2.45, 2.75) is 27.7 Å². The minimum atomic E-state index is -0.178. The standard InChI is InChI=1S/C7H8FN.C2H6/c1-5-6(2)9-4-3-7(5)8;1-2/h3-4H,1-2H3;1-2H3. The fourth-order valence-corrected chi connectivity index (χ4v) is 0.609. The molecule has 0 N–H and O–H groups in total. The first-order valence-electron chi connectivity index (χ1n) is 3.79. The predicted molar refractivity (Wildman–Crippen MR) is 45.0 cm³/mol. The SMILES string of the molecule is CC.Cc1nccc(F)c1C. The van der Waals surface area contributed by atoms with Crippen molar-refractivity contribution in [3.8, 4) is 0 Å². The molecule has 0 aliphatic rings. The Kier molecular flexibility index (Phi) is 4.42. The topological polar surface area (TPSA) is 12.9 Å². The molecule has 11 heavy (non-hydrogen) atoms. The molecule has 1 aromatic heterocycles. The van der Waals surface area contributed by atoms with E-state index in [1.54, 1.807) is 13.8 Å². The van der Waals surface area contributed by atoms with E-state index in [0.29, 0.717) is 5.56 Å². The summed E-state index contributed by atoms with van der Waals surface area (Å²) in [6.07, 6.45) is 1.47. The third-order valence-electron chi connectivity index (χ3n) is 1.39. The van der Waals surface area contributed by atoms with Gasteiger partial charge >= 0.3 is 0 Å². The molecule has 0 amide bonds. The number of hydrogen-bond donors (Lipinski definition) is 0. The fraction of sp³-hybridized carbons (Fsp3) is 0.444. The Morgan fingerprint density at radius 2 is 1.82 bits per heavy atom. The molecule has 2 heteroatoms. The van der Waals surface area contributed by atoms with Crippen molar-refractivity contribution in [3.05, 3.63) is 29.3 Å². The van der Waals surface area contributed by atoms with Crippen LogP contribution in [-0.2, 0) is 0 Å². The number of halogens is 1. The zero-order valence-corrected chi connectivity index (χ0v) is 7.48. The summed E-state index contributed by atoms with van der Waals surface area (Å²) >= 11 is 0. The fourth-order valence-electron chi connectivity index (χ4n) is 0.609.